The maximum atomic E-state index is 10.7. The molecule has 1 N–H and O–H groups in total. The van der Waals surface area contributed by atoms with E-state index in [1.165, 1.54) is 23.1 Å². The molecule has 0 spiro atoms. The van der Waals surface area contributed by atoms with Crippen molar-refractivity contribution >= 4 is 29.1 Å². The Hall–Kier alpha value is -1.40. The van der Waals surface area contributed by atoms with Crippen LogP contribution in [0.1, 0.15) is 15.4 Å². The number of nitrogens with zero attached hydrogens (tertiary/aromatic N) is 2. The van der Waals surface area contributed by atoms with E-state index < -0.39 is 5.97 Å². The van der Waals surface area contributed by atoms with Gasteiger partial charge < -0.3 is 5.11 Å². The summed E-state index contributed by atoms with van der Waals surface area (Å²) in [5.41, 5.74) is 0.895. The Morgan fingerprint density at radius 2 is 2.38 bits per heavy atom. The SMILES string of the molecule is Cc1ccnc(Sc2csc(C(=O)O)c2)n1. The fourth-order valence-electron chi connectivity index (χ4n) is 1.06. The summed E-state index contributed by atoms with van der Waals surface area (Å²) in [4.78, 5) is 20.2. The molecule has 0 bridgehead atoms. The zero-order valence-electron chi connectivity index (χ0n) is 8.38. The van der Waals surface area contributed by atoms with E-state index in [0.717, 1.165) is 10.6 Å². The van der Waals surface area contributed by atoms with Crippen molar-refractivity contribution < 1.29 is 9.90 Å². The molecule has 0 radical (unpaired) electrons. The Morgan fingerprint density at radius 3 is 3.00 bits per heavy atom. The number of carboxylic acid groups (broad SMARTS) is 1. The molecule has 0 aliphatic rings. The van der Waals surface area contributed by atoms with Crippen molar-refractivity contribution in [1.82, 2.24) is 9.97 Å². The Bertz CT molecular complexity index is 525. The van der Waals surface area contributed by atoms with E-state index in [-0.39, 0.29) is 0 Å². The highest BCUT2D eigenvalue weighted by Crippen LogP contribution is 2.28. The van der Waals surface area contributed by atoms with Gasteiger partial charge in [-0.25, -0.2) is 14.8 Å². The number of rotatable bonds is 3. The van der Waals surface area contributed by atoms with Crippen LogP contribution in [0.15, 0.2) is 33.8 Å². The molecule has 2 aromatic heterocycles. The molecule has 0 atom stereocenters. The number of aromatic nitrogens is 2. The summed E-state index contributed by atoms with van der Waals surface area (Å²) in [5.74, 6) is -0.901. The molecular formula is C10H8N2O2S2. The van der Waals surface area contributed by atoms with Gasteiger partial charge in [0.15, 0.2) is 5.16 Å². The van der Waals surface area contributed by atoms with Crippen LogP contribution in [-0.4, -0.2) is 21.0 Å². The second-order valence-corrected chi connectivity index (χ2v) is 4.99. The summed E-state index contributed by atoms with van der Waals surface area (Å²) in [6.07, 6.45) is 1.69. The molecule has 2 rings (SSSR count). The standard InChI is InChI=1S/C10H8N2O2S2/c1-6-2-3-11-10(12-6)16-7-4-8(9(13)14)15-5-7/h2-5H,1H3,(H,13,14). The number of carboxylic acids is 1. The quantitative estimate of drug-likeness (QED) is 0.851. The molecule has 2 heterocycles. The van der Waals surface area contributed by atoms with E-state index in [1.807, 2.05) is 13.0 Å². The van der Waals surface area contributed by atoms with Crippen LogP contribution in [0.25, 0.3) is 0 Å². The van der Waals surface area contributed by atoms with E-state index >= 15 is 0 Å². The molecule has 16 heavy (non-hydrogen) atoms. The summed E-state index contributed by atoms with van der Waals surface area (Å²) in [5, 5.41) is 11.2. The van der Waals surface area contributed by atoms with E-state index in [4.69, 9.17) is 5.11 Å². The van der Waals surface area contributed by atoms with Crippen LogP contribution in [0, 0.1) is 6.92 Å². The third-order valence-corrected chi connectivity index (χ3v) is 3.69. The second-order valence-electron chi connectivity index (χ2n) is 3.03. The maximum absolute atomic E-state index is 10.7. The minimum absolute atomic E-state index is 0.329. The van der Waals surface area contributed by atoms with Crippen LogP contribution in [0.4, 0.5) is 0 Å². The van der Waals surface area contributed by atoms with Crippen molar-refractivity contribution in [3.8, 4) is 0 Å². The first-order chi connectivity index (χ1) is 7.65. The highest BCUT2D eigenvalue weighted by molar-refractivity contribution is 7.99. The van der Waals surface area contributed by atoms with Crippen molar-refractivity contribution in [2.45, 2.75) is 17.0 Å². The Kier molecular flexibility index (Phi) is 3.21. The summed E-state index contributed by atoms with van der Waals surface area (Å²) < 4.78 is 0. The van der Waals surface area contributed by atoms with E-state index in [2.05, 4.69) is 9.97 Å². The Labute approximate surface area is 100 Å². The summed E-state index contributed by atoms with van der Waals surface area (Å²) in [7, 11) is 0. The molecular weight excluding hydrogens is 244 g/mol. The smallest absolute Gasteiger partial charge is 0.345 e. The summed E-state index contributed by atoms with van der Waals surface area (Å²) in [6.45, 7) is 1.89. The van der Waals surface area contributed by atoms with Crippen LogP contribution < -0.4 is 0 Å². The first-order valence-corrected chi connectivity index (χ1v) is 6.14. The number of aryl methyl sites for hydroxylation is 1. The van der Waals surface area contributed by atoms with Gasteiger partial charge in [-0.05, 0) is 30.8 Å². The van der Waals surface area contributed by atoms with Crippen molar-refractivity contribution in [2.75, 3.05) is 0 Å². The number of hydrogen-bond donors (Lipinski definition) is 1. The lowest BCUT2D eigenvalue weighted by atomic mass is 10.5. The molecule has 2 aromatic rings. The highest BCUT2D eigenvalue weighted by atomic mass is 32.2. The molecule has 82 valence electrons. The lowest BCUT2D eigenvalue weighted by Crippen LogP contribution is -1.90. The minimum atomic E-state index is -0.901. The maximum Gasteiger partial charge on any atom is 0.345 e. The van der Waals surface area contributed by atoms with Crippen LogP contribution in [-0.2, 0) is 0 Å². The summed E-state index contributed by atoms with van der Waals surface area (Å²) >= 11 is 2.57. The van der Waals surface area contributed by atoms with Crippen LogP contribution >= 0.6 is 23.1 Å². The molecule has 0 saturated carbocycles. The van der Waals surface area contributed by atoms with Gasteiger partial charge in [-0.2, -0.15) is 0 Å². The average Bonchev–Trinajstić information content (AvgIpc) is 2.66. The number of carbonyl (C=O) groups is 1. The van der Waals surface area contributed by atoms with Gasteiger partial charge in [0.1, 0.15) is 4.88 Å². The fourth-order valence-corrected chi connectivity index (χ4v) is 2.77. The van der Waals surface area contributed by atoms with E-state index in [9.17, 15) is 4.79 Å². The lowest BCUT2D eigenvalue weighted by molar-refractivity contribution is 0.0702. The molecule has 6 heteroatoms. The molecule has 0 fully saturated rings. The Balaban J connectivity index is 2.17. The predicted octanol–water partition coefficient (Wildman–Crippen LogP) is 2.70. The first-order valence-electron chi connectivity index (χ1n) is 4.44. The number of thiophene rings is 1. The molecule has 0 aliphatic carbocycles. The van der Waals surface area contributed by atoms with Gasteiger partial charge in [0.05, 0.1) is 0 Å². The molecule has 0 unspecified atom stereocenters. The number of hydrogen-bond acceptors (Lipinski definition) is 5. The van der Waals surface area contributed by atoms with Gasteiger partial charge in [-0.1, -0.05) is 0 Å². The highest BCUT2D eigenvalue weighted by Gasteiger charge is 2.08. The zero-order chi connectivity index (χ0) is 11.5. The van der Waals surface area contributed by atoms with Gasteiger partial charge in [-0.15, -0.1) is 11.3 Å². The first kappa shape index (κ1) is 11.1. The summed E-state index contributed by atoms with van der Waals surface area (Å²) in [6, 6.07) is 3.45. The average molecular weight is 252 g/mol. The van der Waals surface area contributed by atoms with Crippen molar-refractivity contribution in [3.63, 3.8) is 0 Å². The van der Waals surface area contributed by atoms with Crippen LogP contribution in [0.3, 0.4) is 0 Å². The normalized spacial score (nSPS) is 10.3. The van der Waals surface area contributed by atoms with Gasteiger partial charge in [0.2, 0.25) is 0 Å². The topological polar surface area (TPSA) is 63.1 Å². The lowest BCUT2D eigenvalue weighted by Gasteiger charge is -1.97. The fraction of sp³-hybridized carbons (Fsp3) is 0.100. The van der Waals surface area contributed by atoms with E-state index in [0.29, 0.717) is 10.0 Å². The van der Waals surface area contributed by atoms with Crippen LogP contribution in [0.2, 0.25) is 0 Å². The second kappa shape index (κ2) is 4.63. The van der Waals surface area contributed by atoms with Crippen LogP contribution in [0.5, 0.6) is 0 Å². The minimum Gasteiger partial charge on any atom is -0.477 e. The monoisotopic (exact) mass is 252 g/mol. The third-order valence-electron chi connectivity index (χ3n) is 1.77. The molecule has 0 aliphatic heterocycles. The van der Waals surface area contributed by atoms with Crippen molar-refractivity contribution in [3.05, 3.63) is 34.3 Å². The van der Waals surface area contributed by atoms with Crippen molar-refractivity contribution in [1.29, 1.82) is 0 Å². The molecule has 0 amide bonds. The van der Waals surface area contributed by atoms with Gasteiger partial charge in [0.25, 0.3) is 0 Å². The van der Waals surface area contributed by atoms with Gasteiger partial charge in [-0.3, -0.25) is 0 Å². The molecule has 0 aromatic carbocycles. The van der Waals surface area contributed by atoms with Gasteiger partial charge >= 0.3 is 5.97 Å². The van der Waals surface area contributed by atoms with Gasteiger partial charge in [0, 0.05) is 22.2 Å². The third kappa shape index (κ3) is 2.59. The zero-order valence-corrected chi connectivity index (χ0v) is 10.0. The Morgan fingerprint density at radius 1 is 1.56 bits per heavy atom. The van der Waals surface area contributed by atoms with Crippen molar-refractivity contribution in [2.24, 2.45) is 0 Å². The largest absolute Gasteiger partial charge is 0.477 e. The number of aromatic carboxylic acids is 1. The molecule has 0 saturated heterocycles. The molecule has 4 nitrogen and oxygen atoms in total. The van der Waals surface area contributed by atoms with E-state index in [1.54, 1.807) is 17.6 Å². The predicted molar refractivity (Wildman–Crippen MR) is 62.2 cm³/mol.